The third-order valence-electron chi connectivity index (χ3n) is 2.79. The average molecular weight is 253 g/mol. The van der Waals surface area contributed by atoms with Crippen molar-refractivity contribution in [1.82, 2.24) is 15.2 Å². The number of carbonyl (C=O) groups excluding carboxylic acids is 2. The van der Waals surface area contributed by atoms with Crippen LogP contribution in [0.3, 0.4) is 0 Å². The zero-order chi connectivity index (χ0) is 12.6. The van der Waals surface area contributed by atoms with Gasteiger partial charge in [-0.05, 0) is 13.8 Å². The second kappa shape index (κ2) is 4.44. The number of nitrogens with one attached hydrogen (secondary N) is 1. The van der Waals surface area contributed by atoms with Crippen LogP contribution in [0.5, 0.6) is 0 Å². The van der Waals surface area contributed by atoms with Crippen molar-refractivity contribution in [2.75, 3.05) is 13.6 Å². The third-order valence-corrected chi connectivity index (χ3v) is 3.86. The second-order valence-electron chi connectivity index (χ2n) is 4.30. The smallest absolute Gasteiger partial charge is 0.263 e. The SMILES string of the molecule is Cc1nc(C)c(C(=O)NC2CC(=O)N(C)C2)s1. The van der Waals surface area contributed by atoms with Gasteiger partial charge >= 0.3 is 0 Å². The van der Waals surface area contributed by atoms with Gasteiger partial charge < -0.3 is 10.2 Å². The van der Waals surface area contributed by atoms with Crippen molar-refractivity contribution in [3.05, 3.63) is 15.6 Å². The normalized spacial score (nSPS) is 19.8. The number of likely N-dealkylation sites (N-methyl/N-ethyl adjacent to an activating group) is 1. The molecule has 5 nitrogen and oxygen atoms in total. The van der Waals surface area contributed by atoms with E-state index in [0.717, 1.165) is 10.7 Å². The van der Waals surface area contributed by atoms with Gasteiger partial charge in [0.05, 0.1) is 16.7 Å². The number of thiazole rings is 1. The lowest BCUT2D eigenvalue weighted by Crippen LogP contribution is -2.36. The fourth-order valence-corrected chi connectivity index (χ4v) is 2.78. The van der Waals surface area contributed by atoms with E-state index in [1.54, 1.807) is 11.9 Å². The molecular formula is C11H15N3O2S. The van der Waals surface area contributed by atoms with E-state index in [-0.39, 0.29) is 17.9 Å². The molecule has 1 aliphatic heterocycles. The molecule has 0 radical (unpaired) electrons. The number of rotatable bonds is 2. The van der Waals surface area contributed by atoms with Gasteiger partial charge in [0, 0.05) is 20.0 Å². The number of aryl methyl sites for hydroxylation is 2. The lowest BCUT2D eigenvalue weighted by Gasteiger charge is -2.11. The molecule has 2 rings (SSSR count). The Kier molecular flexibility index (Phi) is 3.15. The molecule has 0 saturated carbocycles. The summed E-state index contributed by atoms with van der Waals surface area (Å²) in [6, 6.07) is -0.0817. The van der Waals surface area contributed by atoms with Gasteiger partial charge in [-0.2, -0.15) is 0 Å². The molecule has 1 aromatic rings. The first-order valence-corrected chi connectivity index (χ1v) is 6.28. The van der Waals surface area contributed by atoms with E-state index < -0.39 is 0 Å². The molecule has 1 fully saturated rings. The summed E-state index contributed by atoms with van der Waals surface area (Å²) in [6.07, 6.45) is 0.388. The highest BCUT2D eigenvalue weighted by atomic mass is 32.1. The quantitative estimate of drug-likeness (QED) is 0.844. The van der Waals surface area contributed by atoms with Crippen molar-refractivity contribution in [1.29, 1.82) is 0 Å². The van der Waals surface area contributed by atoms with Crippen LogP contribution in [-0.2, 0) is 4.79 Å². The van der Waals surface area contributed by atoms with Crippen LogP contribution in [0.1, 0.15) is 26.8 Å². The summed E-state index contributed by atoms with van der Waals surface area (Å²) in [5, 5.41) is 3.76. The van der Waals surface area contributed by atoms with Gasteiger partial charge in [-0.25, -0.2) is 4.98 Å². The molecule has 92 valence electrons. The highest BCUT2D eigenvalue weighted by Crippen LogP contribution is 2.18. The predicted octanol–water partition coefficient (Wildman–Crippen LogP) is 0.720. The summed E-state index contributed by atoms with van der Waals surface area (Å²) in [6.45, 7) is 4.28. The number of carbonyl (C=O) groups is 2. The Morgan fingerprint density at radius 2 is 2.24 bits per heavy atom. The Bertz CT molecular complexity index is 469. The molecule has 1 aromatic heterocycles. The van der Waals surface area contributed by atoms with Crippen molar-refractivity contribution >= 4 is 23.2 Å². The van der Waals surface area contributed by atoms with Crippen molar-refractivity contribution in [3.63, 3.8) is 0 Å². The maximum absolute atomic E-state index is 12.0. The first kappa shape index (κ1) is 12.0. The Labute approximate surface area is 104 Å². The molecule has 17 heavy (non-hydrogen) atoms. The first-order chi connectivity index (χ1) is 7.97. The molecule has 1 N–H and O–H groups in total. The second-order valence-corrected chi connectivity index (χ2v) is 5.50. The van der Waals surface area contributed by atoms with Crippen LogP contribution in [-0.4, -0.2) is 41.3 Å². The van der Waals surface area contributed by atoms with Crippen LogP contribution >= 0.6 is 11.3 Å². The zero-order valence-corrected chi connectivity index (χ0v) is 10.9. The molecule has 1 unspecified atom stereocenters. The molecule has 1 saturated heterocycles. The largest absolute Gasteiger partial charge is 0.346 e. The van der Waals surface area contributed by atoms with Crippen molar-refractivity contribution < 1.29 is 9.59 Å². The fraction of sp³-hybridized carbons (Fsp3) is 0.545. The molecule has 2 heterocycles. The van der Waals surface area contributed by atoms with Crippen LogP contribution in [0.15, 0.2) is 0 Å². The van der Waals surface area contributed by atoms with Crippen LogP contribution in [0, 0.1) is 13.8 Å². The molecule has 0 aromatic carbocycles. The summed E-state index contributed by atoms with van der Waals surface area (Å²) < 4.78 is 0. The summed E-state index contributed by atoms with van der Waals surface area (Å²) in [5.41, 5.74) is 0.752. The molecule has 0 aliphatic carbocycles. The molecule has 0 bridgehead atoms. The molecule has 1 atom stereocenters. The highest BCUT2D eigenvalue weighted by Gasteiger charge is 2.28. The van der Waals surface area contributed by atoms with Crippen molar-refractivity contribution in [2.24, 2.45) is 0 Å². The van der Waals surface area contributed by atoms with Gasteiger partial charge in [0.25, 0.3) is 5.91 Å². The predicted molar refractivity (Wildman–Crippen MR) is 65.1 cm³/mol. The minimum atomic E-state index is -0.124. The molecule has 0 spiro atoms. The molecule has 2 amide bonds. The Morgan fingerprint density at radius 3 is 2.71 bits per heavy atom. The minimum Gasteiger partial charge on any atom is -0.346 e. The summed E-state index contributed by atoms with van der Waals surface area (Å²) >= 11 is 1.39. The number of hydrogen-bond acceptors (Lipinski definition) is 4. The van der Waals surface area contributed by atoms with Crippen LogP contribution < -0.4 is 5.32 Å². The summed E-state index contributed by atoms with van der Waals surface area (Å²) in [7, 11) is 1.75. The van der Waals surface area contributed by atoms with E-state index >= 15 is 0 Å². The number of nitrogens with zero attached hydrogens (tertiary/aromatic N) is 2. The van der Waals surface area contributed by atoms with Gasteiger partial charge in [0.1, 0.15) is 4.88 Å². The maximum atomic E-state index is 12.0. The lowest BCUT2D eigenvalue weighted by molar-refractivity contribution is -0.126. The monoisotopic (exact) mass is 253 g/mol. The van der Waals surface area contributed by atoms with Crippen LogP contribution in [0.25, 0.3) is 0 Å². The molecular weight excluding hydrogens is 238 g/mol. The van der Waals surface area contributed by atoms with E-state index in [2.05, 4.69) is 10.3 Å². The third kappa shape index (κ3) is 2.46. The van der Waals surface area contributed by atoms with Crippen molar-refractivity contribution in [3.8, 4) is 0 Å². The molecule has 6 heteroatoms. The summed E-state index contributed by atoms with van der Waals surface area (Å²) in [4.78, 5) is 29.8. The van der Waals surface area contributed by atoms with Gasteiger partial charge in [-0.3, -0.25) is 9.59 Å². The van der Waals surface area contributed by atoms with Gasteiger partial charge in [-0.1, -0.05) is 0 Å². The number of hydrogen-bond donors (Lipinski definition) is 1. The van der Waals surface area contributed by atoms with Gasteiger partial charge in [-0.15, -0.1) is 11.3 Å². The van der Waals surface area contributed by atoms with Gasteiger partial charge in [0.15, 0.2) is 0 Å². The van der Waals surface area contributed by atoms with Gasteiger partial charge in [0.2, 0.25) is 5.91 Å². The Morgan fingerprint density at radius 1 is 1.53 bits per heavy atom. The number of amides is 2. The average Bonchev–Trinajstić information content (AvgIpc) is 2.71. The zero-order valence-electron chi connectivity index (χ0n) is 10.1. The maximum Gasteiger partial charge on any atom is 0.263 e. The first-order valence-electron chi connectivity index (χ1n) is 5.46. The minimum absolute atomic E-state index is 0.0764. The van der Waals surface area contributed by atoms with E-state index in [1.807, 2.05) is 13.8 Å². The molecule has 1 aliphatic rings. The van der Waals surface area contributed by atoms with Crippen molar-refractivity contribution in [2.45, 2.75) is 26.3 Å². The van der Waals surface area contributed by atoms with E-state index in [1.165, 1.54) is 11.3 Å². The number of likely N-dealkylation sites (tertiary alicyclic amines) is 1. The van der Waals surface area contributed by atoms with Crippen LogP contribution in [0.4, 0.5) is 0 Å². The highest BCUT2D eigenvalue weighted by molar-refractivity contribution is 7.13. The lowest BCUT2D eigenvalue weighted by atomic mass is 10.2. The van der Waals surface area contributed by atoms with E-state index in [9.17, 15) is 9.59 Å². The van der Waals surface area contributed by atoms with Crippen LogP contribution in [0.2, 0.25) is 0 Å². The van der Waals surface area contributed by atoms with E-state index in [0.29, 0.717) is 17.8 Å². The topological polar surface area (TPSA) is 62.3 Å². The van der Waals surface area contributed by atoms with E-state index in [4.69, 9.17) is 0 Å². The standard InChI is InChI=1S/C11H15N3O2S/c1-6-10(17-7(2)12-6)11(16)13-8-4-9(15)14(3)5-8/h8H,4-5H2,1-3H3,(H,13,16). The fourth-order valence-electron chi connectivity index (χ4n) is 1.95. The Hall–Kier alpha value is -1.43. The number of aromatic nitrogens is 1. The Balaban J connectivity index is 2.03. The summed E-state index contributed by atoms with van der Waals surface area (Å²) in [5.74, 6) is -0.0475.